The highest BCUT2D eigenvalue weighted by molar-refractivity contribution is 5.97. The molecule has 0 saturated carbocycles. The van der Waals surface area contributed by atoms with Crippen LogP contribution < -0.4 is 5.32 Å². The van der Waals surface area contributed by atoms with Crippen molar-refractivity contribution in [3.8, 4) is 0 Å². The van der Waals surface area contributed by atoms with Gasteiger partial charge < -0.3 is 10.2 Å². The number of nitrogens with one attached hydrogen (secondary N) is 1. The van der Waals surface area contributed by atoms with E-state index in [0.717, 1.165) is 16.8 Å². The summed E-state index contributed by atoms with van der Waals surface area (Å²) in [6.07, 6.45) is 4.44. The van der Waals surface area contributed by atoms with Gasteiger partial charge in [-0.3, -0.25) is 14.6 Å². The first-order chi connectivity index (χ1) is 11.1. The predicted octanol–water partition coefficient (Wildman–Crippen LogP) is 1.80. The number of hydrogen-bond donors (Lipinski definition) is 1. The lowest BCUT2D eigenvalue weighted by molar-refractivity contribution is -0.123. The molecule has 1 aromatic carbocycles. The van der Waals surface area contributed by atoms with E-state index >= 15 is 0 Å². The number of aromatic nitrogens is 2. The number of benzene rings is 1. The molecule has 1 aliphatic heterocycles. The Morgan fingerprint density at radius 2 is 2.00 bits per heavy atom. The van der Waals surface area contributed by atoms with E-state index in [0.29, 0.717) is 18.8 Å². The average molecular weight is 310 g/mol. The molecule has 6 heteroatoms. The Hall–Kier alpha value is -2.76. The molecule has 1 N–H and O–H groups in total. The highest BCUT2D eigenvalue weighted by Gasteiger charge is 2.36. The molecule has 0 aliphatic carbocycles. The standard InChI is InChI=1S/C17H18N4O2/c1-11-4-3-5-14(12(11)2)20-16(22)13-9-21(10-13)17(23)15-8-18-6-7-19-15/h3-8,13H,9-10H2,1-2H3,(H,20,22). The van der Waals surface area contributed by atoms with Gasteiger partial charge in [-0.05, 0) is 31.0 Å². The van der Waals surface area contributed by atoms with Crippen molar-refractivity contribution in [3.63, 3.8) is 0 Å². The van der Waals surface area contributed by atoms with Crippen molar-refractivity contribution in [1.29, 1.82) is 0 Å². The van der Waals surface area contributed by atoms with Crippen LogP contribution in [0.25, 0.3) is 0 Å². The summed E-state index contributed by atoms with van der Waals surface area (Å²) in [5.74, 6) is -0.425. The molecule has 3 rings (SSSR count). The number of carbonyl (C=O) groups is 2. The molecule has 0 spiro atoms. The van der Waals surface area contributed by atoms with Crippen LogP contribution in [0.15, 0.2) is 36.8 Å². The molecule has 1 saturated heterocycles. The third kappa shape index (κ3) is 3.06. The molecular formula is C17H18N4O2. The monoisotopic (exact) mass is 310 g/mol. The van der Waals surface area contributed by atoms with Gasteiger partial charge in [-0.15, -0.1) is 0 Å². The lowest BCUT2D eigenvalue weighted by Crippen LogP contribution is -2.54. The molecule has 0 atom stereocenters. The number of nitrogens with zero attached hydrogens (tertiary/aromatic N) is 3. The summed E-state index contributed by atoms with van der Waals surface area (Å²) in [5.41, 5.74) is 3.33. The molecule has 0 unspecified atom stereocenters. The SMILES string of the molecule is Cc1cccc(NC(=O)C2CN(C(=O)c3cnccn3)C2)c1C. The topological polar surface area (TPSA) is 75.2 Å². The van der Waals surface area contributed by atoms with E-state index < -0.39 is 0 Å². The molecule has 2 amide bonds. The van der Waals surface area contributed by atoms with Gasteiger partial charge in [0.05, 0.1) is 12.1 Å². The molecule has 1 aromatic heterocycles. The van der Waals surface area contributed by atoms with Crippen molar-refractivity contribution in [2.45, 2.75) is 13.8 Å². The third-order valence-electron chi connectivity index (χ3n) is 4.18. The summed E-state index contributed by atoms with van der Waals surface area (Å²) in [6.45, 7) is 4.81. The van der Waals surface area contributed by atoms with Crippen molar-refractivity contribution in [2.24, 2.45) is 5.92 Å². The predicted molar refractivity (Wildman–Crippen MR) is 86.0 cm³/mol. The van der Waals surface area contributed by atoms with Gasteiger partial charge in [0.25, 0.3) is 5.91 Å². The van der Waals surface area contributed by atoms with Crippen LogP contribution >= 0.6 is 0 Å². The average Bonchev–Trinajstić information content (AvgIpc) is 2.51. The highest BCUT2D eigenvalue weighted by atomic mass is 16.2. The summed E-state index contributed by atoms with van der Waals surface area (Å²) >= 11 is 0. The summed E-state index contributed by atoms with van der Waals surface area (Å²) < 4.78 is 0. The fourth-order valence-corrected chi connectivity index (χ4v) is 2.50. The normalized spacial score (nSPS) is 14.3. The maximum atomic E-state index is 12.3. The number of aryl methyl sites for hydroxylation is 1. The summed E-state index contributed by atoms with van der Waals surface area (Å²) in [4.78, 5) is 33.9. The summed E-state index contributed by atoms with van der Waals surface area (Å²) in [6, 6.07) is 5.82. The number of rotatable bonds is 3. The number of anilines is 1. The van der Waals surface area contributed by atoms with Crippen LogP contribution in [0, 0.1) is 19.8 Å². The fraction of sp³-hybridized carbons (Fsp3) is 0.294. The second kappa shape index (κ2) is 6.16. The highest BCUT2D eigenvalue weighted by Crippen LogP contribution is 2.22. The Kier molecular flexibility index (Phi) is 4.06. The Balaban J connectivity index is 1.58. The molecule has 0 radical (unpaired) electrons. The fourth-order valence-electron chi connectivity index (χ4n) is 2.50. The van der Waals surface area contributed by atoms with Crippen LogP contribution in [0.3, 0.4) is 0 Å². The maximum absolute atomic E-state index is 12.3. The molecule has 23 heavy (non-hydrogen) atoms. The second-order valence-electron chi connectivity index (χ2n) is 5.73. The Labute approximate surface area is 134 Å². The van der Waals surface area contributed by atoms with Crippen LogP contribution in [0.4, 0.5) is 5.69 Å². The summed E-state index contributed by atoms with van der Waals surface area (Å²) in [7, 11) is 0. The molecule has 2 heterocycles. The Bertz CT molecular complexity index is 740. The molecule has 0 bridgehead atoms. The van der Waals surface area contributed by atoms with Crippen molar-refractivity contribution < 1.29 is 9.59 Å². The van der Waals surface area contributed by atoms with Gasteiger partial charge in [-0.2, -0.15) is 0 Å². The second-order valence-corrected chi connectivity index (χ2v) is 5.73. The van der Waals surface area contributed by atoms with E-state index in [9.17, 15) is 9.59 Å². The van der Waals surface area contributed by atoms with E-state index in [1.165, 1.54) is 18.6 Å². The number of carbonyl (C=O) groups excluding carboxylic acids is 2. The first-order valence-electron chi connectivity index (χ1n) is 7.48. The number of amides is 2. The van der Waals surface area contributed by atoms with Crippen molar-refractivity contribution in [3.05, 3.63) is 53.6 Å². The Morgan fingerprint density at radius 1 is 1.22 bits per heavy atom. The van der Waals surface area contributed by atoms with Crippen molar-refractivity contribution >= 4 is 17.5 Å². The smallest absolute Gasteiger partial charge is 0.274 e. The van der Waals surface area contributed by atoms with E-state index in [1.807, 2.05) is 32.0 Å². The number of hydrogen-bond acceptors (Lipinski definition) is 4. The first-order valence-corrected chi connectivity index (χ1v) is 7.48. The van der Waals surface area contributed by atoms with Crippen LogP contribution in [-0.4, -0.2) is 39.8 Å². The summed E-state index contributed by atoms with van der Waals surface area (Å²) in [5, 5.41) is 2.95. The maximum Gasteiger partial charge on any atom is 0.274 e. The first kappa shape index (κ1) is 15.1. The van der Waals surface area contributed by atoms with E-state index in [2.05, 4.69) is 15.3 Å². The third-order valence-corrected chi connectivity index (χ3v) is 4.18. The van der Waals surface area contributed by atoms with Crippen LogP contribution in [0.5, 0.6) is 0 Å². The van der Waals surface area contributed by atoms with Crippen LogP contribution in [0.1, 0.15) is 21.6 Å². The van der Waals surface area contributed by atoms with Crippen LogP contribution in [-0.2, 0) is 4.79 Å². The zero-order chi connectivity index (χ0) is 16.4. The molecule has 118 valence electrons. The zero-order valence-corrected chi connectivity index (χ0v) is 13.1. The van der Waals surface area contributed by atoms with Gasteiger partial charge in [0.15, 0.2) is 0 Å². The zero-order valence-electron chi connectivity index (χ0n) is 13.1. The minimum Gasteiger partial charge on any atom is -0.336 e. The lowest BCUT2D eigenvalue weighted by atomic mass is 9.98. The van der Waals surface area contributed by atoms with Gasteiger partial charge in [0.2, 0.25) is 5.91 Å². The molecular weight excluding hydrogens is 292 g/mol. The van der Waals surface area contributed by atoms with Gasteiger partial charge in [0, 0.05) is 31.2 Å². The Morgan fingerprint density at radius 3 is 2.70 bits per heavy atom. The largest absolute Gasteiger partial charge is 0.336 e. The molecule has 1 aliphatic rings. The van der Waals surface area contributed by atoms with E-state index in [1.54, 1.807) is 4.90 Å². The van der Waals surface area contributed by atoms with Gasteiger partial charge in [-0.25, -0.2) is 4.98 Å². The molecule has 6 nitrogen and oxygen atoms in total. The minimum atomic E-state index is -0.186. The van der Waals surface area contributed by atoms with Gasteiger partial charge in [0.1, 0.15) is 5.69 Å². The van der Waals surface area contributed by atoms with Gasteiger partial charge >= 0.3 is 0 Å². The van der Waals surface area contributed by atoms with Gasteiger partial charge in [-0.1, -0.05) is 12.1 Å². The minimum absolute atomic E-state index is 0.0538. The number of likely N-dealkylation sites (tertiary alicyclic amines) is 1. The molecule has 2 aromatic rings. The quantitative estimate of drug-likeness (QED) is 0.938. The lowest BCUT2D eigenvalue weighted by Gasteiger charge is -2.37. The van der Waals surface area contributed by atoms with Crippen molar-refractivity contribution in [1.82, 2.24) is 14.9 Å². The van der Waals surface area contributed by atoms with E-state index in [4.69, 9.17) is 0 Å². The molecule has 1 fully saturated rings. The van der Waals surface area contributed by atoms with Crippen LogP contribution in [0.2, 0.25) is 0 Å². The van der Waals surface area contributed by atoms with E-state index in [-0.39, 0.29) is 17.7 Å². The van der Waals surface area contributed by atoms with Crippen molar-refractivity contribution in [2.75, 3.05) is 18.4 Å².